The van der Waals surface area contributed by atoms with Gasteiger partial charge in [0, 0.05) is 18.9 Å². The summed E-state index contributed by atoms with van der Waals surface area (Å²) in [4.78, 5) is 31.9. The van der Waals surface area contributed by atoms with Crippen molar-refractivity contribution < 1.29 is 36.2 Å². The summed E-state index contributed by atoms with van der Waals surface area (Å²) >= 11 is 0. The van der Waals surface area contributed by atoms with E-state index < -0.39 is 35.1 Å². The number of aromatic nitrogens is 5. The number of halogens is 6. The quantitative estimate of drug-likeness (QED) is 0.324. The van der Waals surface area contributed by atoms with Crippen LogP contribution in [0.25, 0.3) is 22.6 Å². The molecule has 37 heavy (non-hydrogen) atoms. The summed E-state index contributed by atoms with van der Waals surface area (Å²) < 4.78 is 79.3. The number of aliphatic hydroxyl groups excluding tert-OH is 1. The molecule has 0 unspecified atom stereocenters. The Bertz CT molecular complexity index is 1440. The van der Waals surface area contributed by atoms with E-state index in [2.05, 4.69) is 35.6 Å². The molecule has 0 atom stereocenters. The van der Waals surface area contributed by atoms with Gasteiger partial charge in [-0.2, -0.15) is 26.3 Å². The lowest BCUT2D eigenvalue weighted by atomic mass is 10.1. The zero-order valence-corrected chi connectivity index (χ0v) is 18.4. The van der Waals surface area contributed by atoms with Gasteiger partial charge >= 0.3 is 12.4 Å². The molecular formula is C22H15F6N7O2. The SMILES string of the molecule is O=C(NCCO)c1ccc(C(F)(F)F)c(-c2cnc3c(Nc4ccc(C(F)(F)F)cn4)ccnc3n2)n1. The molecule has 0 fully saturated rings. The number of pyridine rings is 3. The van der Waals surface area contributed by atoms with Gasteiger partial charge in [0.2, 0.25) is 0 Å². The Morgan fingerprint density at radius 1 is 0.892 bits per heavy atom. The highest BCUT2D eigenvalue weighted by molar-refractivity contribution is 5.93. The van der Waals surface area contributed by atoms with Crippen LogP contribution in [0, 0.1) is 0 Å². The number of aliphatic hydroxyl groups is 1. The molecule has 0 bridgehead atoms. The number of fused-ring (bicyclic) bond motifs is 1. The number of carbonyl (C=O) groups excluding carboxylic acids is 1. The Kier molecular flexibility index (Phi) is 6.89. The van der Waals surface area contributed by atoms with E-state index in [1.165, 1.54) is 12.3 Å². The van der Waals surface area contributed by atoms with Crippen LogP contribution in [-0.4, -0.2) is 49.1 Å². The molecule has 0 saturated heterocycles. The van der Waals surface area contributed by atoms with Crippen LogP contribution < -0.4 is 10.6 Å². The van der Waals surface area contributed by atoms with Gasteiger partial charge in [-0.05, 0) is 30.3 Å². The minimum Gasteiger partial charge on any atom is -0.395 e. The molecule has 0 aliphatic rings. The lowest BCUT2D eigenvalue weighted by Gasteiger charge is -2.14. The summed E-state index contributed by atoms with van der Waals surface area (Å²) in [6.45, 7) is -0.500. The van der Waals surface area contributed by atoms with Gasteiger partial charge in [0.05, 0.1) is 29.6 Å². The van der Waals surface area contributed by atoms with E-state index in [4.69, 9.17) is 5.11 Å². The maximum Gasteiger partial charge on any atom is 0.418 e. The zero-order chi connectivity index (χ0) is 26.8. The van der Waals surface area contributed by atoms with E-state index in [1.807, 2.05) is 0 Å². The highest BCUT2D eigenvalue weighted by atomic mass is 19.4. The second-order valence-corrected chi connectivity index (χ2v) is 7.41. The molecule has 4 aromatic rings. The number of hydrogen-bond donors (Lipinski definition) is 3. The van der Waals surface area contributed by atoms with Gasteiger partial charge in [0.15, 0.2) is 5.65 Å². The van der Waals surface area contributed by atoms with Crippen LogP contribution in [0.5, 0.6) is 0 Å². The summed E-state index contributed by atoms with van der Waals surface area (Å²) in [5.74, 6) is -0.750. The maximum atomic E-state index is 13.7. The largest absolute Gasteiger partial charge is 0.418 e. The molecule has 1 amide bonds. The highest BCUT2D eigenvalue weighted by Gasteiger charge is 2.36. The molecule has 0 aromatic carbocycles. The number of nitrogens with zero attached hydrogens (tertiary/aromatic N) is 5. The Morgan fingerprint density at radius 2 is 1.68 bits per heavy atom. The van der Waals surface area contributed by atoms with Crippen LogP contribution in [0.15, 0.2) is 48.9 Å². The van der Waals surface area contributed by atoms with Crippen LogP contribution in [0.4, 0.5) is 37.8 Å². The lowest BCUT2D eigenvalue weighted by Crippen LogP contribution is -2.27. The second kappa shape index (κ2) is 9.93. The molecule has 15 heteroatoms. The minimum atomic E-state index is -4.83. The average molecular weight is 523 g/mol. The normalized spacial score (nSPS) is 12.0. The van der Waals surface area contributed by atoms with Gasteiger partial charge in [-0.1, -0.05) is 0 Å². The van der Waals surface area contributed by atoms with Crippen molar-refractivity contribution in [3.63, 3.8) is 0 Å². The first-order valence-electron chi connectivity index (χ1n) is 10.4. The van der Waals surface area contributed by atoms with Crippen molar-refractivity contribution >= 4 is 28.6 Å². The average Bonchev–Trinajstić information content (AvgIpc) is 2.86. The third-order valence-corrected chi connectivity index (χ3v) is 4.87. The summed E-state index contributed by atoms with van der Waals surface area (Å²) in [7, 11) is 0. The van der Waals surface area contributed by atoms with Crippen molar-refractivity contribution in [2.24, 2.45) is 0 Å². The zero-order valence-electron chi connectivity index (χ0n) is 18.4. The topological polar surface area (TPSA) is 126 Å². The number of nitrogens with one attached hydrogen (secondary N) is 2. The first kappa shape index (κ1) is 25.7. The molecular weight excluding hydrogens is 508 g/mol. The van der Waals surface area contributed by atoms with Gasteiger partial charge in [0.25, 0.3) is 5.91 Å². The highest BCUT2D eigenvalue weighted by Crippen LogP contribution is 2.36. The summed E-state index contributed by atoms with van der Waals surface area (Å²) in [5.41, 5.74) is -3.20. The van der Waals surface area contributed by atoms with Crippen LogP contribution in [-0.2, 0) is 12.4 Å². The van der Waals surface area contributed by atoms with Gasteiger partial charge in [-0.3, -0.25) is 4.79 Å². The fraction of sp³-hybridized carbons (Fsp3) is 0.182. The fourth-order valence-electron chi connectivity index (χ4n) is 3.18. The number of carbonyl (C=O) groups is 1. The summed E-state index contributed by atoms with van der Waals surface area (Å²) in [5, 5.41) is 13.9. The number of hydrogen-bond acceptors (Lipinski definition) is 8. The van der Waals surface area contributed by atoms with E-state index in [9.17, 15) is 31.1 Å². The first-order valence-corrected chi connectivity index (χ1v) is 10.4. The Labute approximate surface area is 203 Å². The number of anilines is 2. The molecule has 0 radical (unpaired) electrons. The smallest absolute Gasteiger partial charge is 0.395 e. The summed E-state index contributed by atoms with van der Waals surface area (Å²) in [6.07, 6.45) is -6.48. The predicted molar refractivity (Wildman–Crippen MR) is 118 cm³/mol. The van der Waals surface area contributed by atoms with Crippen LogP contribution in [0.1, 0.15) is 21.6 Å². The lowest BCUT2D eigenvalue weighted by molar-refractivity contribution is -0.138. The predicted octanol–water partition coefficient (Wildman–Crippen LogP) is 3.99. The molecule has 4 aromatic heterocycles. The molecule has 3 N–H and O–H groups in total. The number of alkyl halides is 6. The summed E-state index contributed by atoms with van der Waals surface area (Å²) in [6, 6.07) is 4.94. The van der Waals surface area contributed by atoms with E-state index in [0.717, 1.165) is 24.4 Å². The number of amides is 1. The van der Waals surface area contributed by atoms with Crippen LogP contribution in [0.3, 0.4) is 0 Å². The van der Waals surface area contributed by atoms with Gasteiger partial charge in [-0.15, -0.1) is 0 Å². The molecule has 0 aliphatic carbocycles. The molecule has 4 rings (SSSR count). The van der Waals surface area contributed by atoms with Gasteiger partial charge in [0.1, 0.15) is 28.4 Å². The van der Waals surface area contributed by atoms with Crippen molar-refractivity contribution in [2.45, 2.75) is 12.4 Å². The van der Waals surface area contributed by atoms with Crippen LogP contribution >= 0.6 is 0 Å². The third-order valence-electron chi connectivity index (χ3n) is 4.87. The number of rotatable bonds is 6. The van der Waals surface area contributed by atoms with E-state index in [0.29, 0.717) is 12.3 Å². The Morgan fingerprint density at radius 3 is 2.32 bits per heavy atom. The van der Waals surface area contributed by atoms with Crippen molar-refractivity contribution in [3.05, 3.63) is 65.7 Å². The maximum absolute atomic E-state index is 13.7. The first-order chi connectivity index (χ1) is 17.5. The monoisotopic (exact) mass is 523 g/mol. The molecule has 9 nitrogen and oxygen atoms in total. The fourth-order valence-corrected chi connectivity index (χ4v) is 3.18. The third kappa shape index (κ3) is 5.72. The van der Waals surface area contributed by atoms with Crippen molar-refractivity contribution in [1.29, 1.82) is 0 Å². The van der Waals surface area contributed by atoms with Gasteiger partial charge < -0.3 is 15.7 Å². The van der Waals surface area contributed by atoms with Crippen LogP contribution in [0.2, 0.25) is 0 Å². The standard InChI is InChI=1S/C22H15F6N7O2/c23-21(24,25)11-1-4-16(31-9-11)33-13-5-6-29-19-18(13)32-10-15(35-19)17-12(22(26,27)28)2-3-14(34-17)20(37)30-7-8-36/h1-6,9-10,36H,7-8H2,(H,30,37)(H,29,31,33,35). The molecule has 4 heterocycles. The molecule has 192 valence electrons. The Balaban J connectivity index is 1.72. The van der Waals surface area contributed by atoms with E-state index in [-0.39, 0.29) is 47.2 Å². The van der Waals surface area contributed by atoms with E-state index in [1.54, 1.807) is 0 Å². The molecule has 0 saturated carbocycles. The van der Waals surface area contributed by atoms with Crippen molar-refractivity contribution in [1.82, 2.24) is 30.2 Å². The molecule has 0 aliphatic heterocycles. The van der Waals surface area contributed by atoms with Crippen molar-refractivity contribution in [3.8, 4) is 11.4 Å². The Hall–Kier alpha value is -4.40. The van der Waals surface area contributed by atoms with E-state index >= 15 is 0 Å². The second-order valence-electron chi connectivity index (χ2n) is 7.41. The molecule has 0 spiro atoms. The minimum absolute atomic E-state index is 0.0500. The van der Waals surface area contributed by atoms with Crippen molar-refractivity contribution in [2.75, 3.05) is 18.5 Å². The van der Waals surface area contributed by atoms with Gasteiger partial charge in [-0.25, -0.2) is 24.9 Å².